The molecule has 0 fully saturated rings. The molecular weight excluding hydrogens is 190 g/mol. The maximum absolute atomic E-state index is 11.6. The van der Waals surface area contributed by atoms with Crippen LogP contribution in [0.15, 0.2) is 12.1 Å². The van der Waals surface area contributed by atoms with Gasteiger partial charge in [-0.05, 0) is 25.5 Å². The summed E-state index contributed by atoms with van der Waals surface area (Å²) in [6.45, 7) is 4.57. The molecule has 0 saturated carbocycles. The number of nitrogen functional groups attached to an aromatic ring is 1. The Balaban J connectivity index is 2.92. The zero-order valence-electron chi connectivity index (χ0n) is 9.21. The average molecular weight is 207 g/mol. The van der Waals surface area contributed by atoms with Crippen molar-refractivity contribution in [2.24, 2.45) is 0 Å². The van der Waals surface area contributed by atoms with Crippen LogP contribution in [0.1, 0.15) is 36.3 Å². The Morgan fingerprint density at radius 1 is 1.47 bits per heavy atom. The number of nitrogens with one attached hydrogen (secondary N) is 1. The molecule has 3 N–H and O–H groups in total. The number of aryl methyl sites for hydroxylation is 1. The van der Waals surface area contributed by atoms with Crippen LogP contribution < -0.4 is 11.1 Å². The Morgan fingerprint density at radius 2 is 2.20 bits per heavy atom. The van der Waals surface area contributed by atoms with E-state index in [0.29, 0.717) is 17.9 Å². The van der Waals surface area contributed by atoms with Crippen molar-refractivity contribution in [2.75, 3.05) is 12.3 Å². The molecule has 82 valence electrons. The van der Waals surface area contributed by atoms with Gasteiger partial charge in [-0.25, -0.2) is 4.98 Å². The second kappa shape index (κ2) is 5.34. The fourth-order valence-electron chi connectivity index (χ4n) is 1.39. The largest absolute Gasteiger partial charge is 0.384 e. The third-order valence-corrected chi connectivity index (χ3v) is 2.00. The summed E-state index contributed by atoms with van der Waals surface area (Å²) in [5.41, 5.74) is 7.10. The highest BCUT2D eigenvalue weighted by molar-refractivity contribution is 5.94. The summed E-state index contributed by atoms with van der Waals surface area (Å²) in [6, 6.07) is 3.40. The van der Waals surface area contributed by atoms with E-state index in [9.17, 15) is 4.79 Å². The molecule has 0 spiro atoms. The first-order valence-electron chi connectivity index (χ1n) is 5.22. The second-order valence-electron chi connectivity index (χ2n) is 3.38. The highest BCUT2D eigenvalue weighted by Crippen LogP contribution is 2.09. The predicted molar refractivity (Wildman–Crippen MR) is 60.7 cm³/mol. The van der Waals surface area contributed by atoms with Crippen LogP contribution in [0, 0.1) is 0 Å². The van der Waals surface area contributed by atoms with Crippen molar-refractivity contribution >= 4 is 11.7 Å². The summed E-state index contributed by atoms with van der Waals surface area (Å²) in [5.74, 6) is 0.311. The highest BCUT2D eigenvalue weighted by Gasteiger charge is 2.07. The molecule has 1 aromatic heterocycles. The van der Waals surface area contributed by atoms with E-state index < -0.39 is 0 Å². The Morgan fingerprint density at radius 3 is 2.80 bits per heavy atom. The van der Waals surface area contributed by atoms with E-state index in [4.69, 9.17) is 5.73 Å². The normalized spacial score (nSPS) is 10.0. The molecule has 4 nitrogen and oxygen atoms in total. The van der Waals surface area contributed by atoms with Crippen molar-refractivity contribution in [3.05, 3.63) is 23.4 Å². The van der Waals surface area contributed by atoms with Crippen LogP contribution in [0.25, 0.3) is 0 Å². The fraction of sp³-hybridized carbons (Fsp3) is 0.455. The number of anilines is 1. The molecule has 0 aliphatic heterocycles. The zero-order valence-corrected chi connectivity index (χ0v) is 9.21. The maximum atomic E-state index is 11.6. The first-order chi connectivity index (χ1) is 7.17. The summed E-state index contributed by atoms with van der Waals surface area (Å²) in [6.07, 6.45) is 1.84. The quantitative estimate of drug-likeness (QED) is 0.783. The molecule has 15 heavy (non-hydrogen) atoms. The van der Waals surface area contributed by atoms with E-state index in [0.717, 1.165) is 18.5 Å². The van der Waals surface area contributed by atoms with Gasteiger partial charge in [0.2, 0.25) is 0 Å². The van der Waals surface area contributed by atoms with Crippen LogP contribution >= 0.6 is 0 Å². The van der Waals surface area contributed by atoms with Crippen molar-refractivity contribution in [2.45, 2.75) is 26.7 Å². The molecule has 1 aromatic rings. The smallest absolute Gasteiger partial charge is 0.251 e. The minimum absolute atomic E-state index is 0.0936. The van der Waals surface area contributed by atoms with E-state index in [2.05, 4.69) is 17.2 Å². The van der Waals surface area contributed by atoms with Gasteiger partial charge in [0.05, 0.1) is 0 Å². The number of amides is 1. The molecule has 0 aliphatic carbocycles. The van der Waals surface area contributed by atoms with Gasteiger partial charge in [0.25, 0.3) is 5.91 Å². The predicted octanol–water partition coefficient (Wildman–Crippen LogP) is 1.37. The number of carbonyl (C=O) groups excluding carboxylic acids is 1. The number of nitrogens with zero attached hydrogens (tertiary/aromatic N) is 1. The standard InChI is InChI=1S/C11H17N3O/c1-3-5-9-6-8(7-10(12)14-9)11(15)13-4-2/h6-7H,3-5H2,1-2H3,(H2,12,14)(H,13,15). The first kappa shape index (κ1) is 11.5. The van der Waals surface area contributed by atoms with Crippen LogP contribution in [0.4, 0.5) is 5.82 Å². The van der Waals surface area contributed by atoms with Gasteiger partial charge in [-0.3, -0.25) is 4.79 Å². The Labute approximate surface area is 89.9 Å². The molecule has 0 aliphatic rings. The average Bonchev–Trinajstić information content (AvgIpc) is 2.17. The van der Waals surface area contributed by atoms with Gasteiger partial charge in [-0.1, -0.05) is 13.3 Å². The fourth-order valence-corrected chi connectivity index (χ4v) is 1.39. The lowest BCUT2D eigenvalue weighted by molar-refractivity contribution is 0.0955. The molecule has 0 saturated heterocycles. The minimum Gasteiger partial charge on any atom is -0.384 e. The van der Waals surface area contributed by atoms with Crippen LogP contribution in [0.3, 0.4) is 0 Å². The summed E-state index contributed by atoms with van der Waals surface area (Å²) in [7, 11) is 0. The molecule has 0 atom stereocenters. The van der Waals surface area contributed by atoms with Crippen molar-refractivity contribution in [3.8, 4) is 0 Å². The van der Waals surface area contributed by atoms with Crippen molar-refractivity contribution in [3.63, 3.8) is 0 Å². The number of nitrogens with two attached hydrogens (primary N) is 1. The summed E-state index contributed by atoms with van der Waals surface area (Å²) in [4.78, 5) is 15.7. The van der Waals surface area contributed by atoms with Crippen LogP contribution in [-0.4, -0.2) is 17.4 Å². The molecule has 0 bridgehead atoms. The van der Waals surface area contributed by atoms with Gasteiger partial charge in [-0.2, -0.15) is 0 Å². The lowest BCUT2D eigenvalue weighted by Crippen LogP contribution is -2.23. The topological polar surface area (TPSA) is 68.0 Å². The van der Waals surface area contributed by atoms with Gasteiger partial charge < -0.3 is 11.1 Å². The second-order valence-corrected chi connectivity index (χ2v) is 3.38. The van der Waals surface area contributed by atoms with E-state index >= 15 is 0 Å². The highest BCUT2D eigenvalue weighted by atomic mass is 16.1. The molecule has 0 radical (unpaired) electrons. The Bertz CT molecular complexity index is 350. The lowest BCUT2D eigenvalue weighted by Gasteiger charge is -2.05. The molecule has 4 heteroatoms. The minimum atomic E-state index is -0.0936. The van der Waals surface area contributed by atoms with Crippen LogP contribution in [-0.2, 0) is 6.42 Å². The van der Waals surface area contributed by atoms with Gasteiger partial charge in [0.15, 0.2) is 0 Å². The van der Waals surface area contributed by atoms with Gasteiger partial charge >= 0.3 is 0 Å². The molecule has 1 rings (SSSR count). The summed E-state index contributed by atoms with van der Waals surface area (Å²) in [5, 5.41) is 2.74. The number of carbonyl (C=O) groups is 1. The lowest BCUT2D eigenvalue weighted by atomic mass is 10.1. The van der Waals surface area contributed by atoms with Gasteiger partial charge in [-0.15, -0.1) is 0 Å². The third-order valence-electron chi connectivity index (χ3n) is 2.00. The molecule has 0 aromatic carbocycles. The monoisotopic (exact) mass is 207 g/mol. The molecular formula is C11H17N3O. The number of rotatable bonds is 4. The number of hydrogen-bond donors (Lipinski definition) is 2. The Hall–Kier alpha value is -1.58. The summed E-state index contributed by atoms with van der Waals surface area (Å²) < 4.78 is 0. The van der Waals surface area contributed by atoms with Crippen molar-refractivity contribution < 1.29 is 4.79 Å². The Kier molecular flexibility index (Phi) is 4.09. The molecule has 1 heterocycles. The zero-order chi connectivity index (χ0) is 11.3. The van der Waals surface area contributed by atoms with E-state index in [-0.39, 0.29) is 5.91 Å². The van der Waals surface area contributed by atoms with E-state index in [1.165, 1.54) is 0 Å². The maximum Gasteiger partial charge on any atom is 0.251 e. The summed E-state index contributed by atoms with van der Waals surface area (Å²) >= 11 is 0. The number of hydrogen-bond acceptors (Lipinski definition) is 3. The van der Waals surface area contributed by atoms with E-state index in [1.807, 2.05) is 6.92 Å². The van der Waals surface area contributed by atoms with Gasteiger partial charge in [0.1, 0.15) is 5.82 Å². The van der Waals surface area contributed by atoms with E-state index in [1.54, 1.807) is 12.1 Å². The molecule has 0 unspecified atom stereocenters. The SMILES string of the molecule is CCCc1cc(C(=O)NCC)cc(N)n1. The molecule has 1 amide bonds. The number of pyridine rings is 1. The van der Waals surface area contributed by atoms with Crippen molar-refractivity contribution in [1.82, 2.24) is 10.3 Å². The first-order valence-corrected chi connectivity index (χ1v) is 5.22. The number of aromatic nitrogens is 1. The third kappa shape index (κ3) is 3.23. The van der Waals surface area contributed by atoms with Crippen LogP contribution in [0.5, 0.6) is 0 Å². The van der Waals surface area contributed by atoms with Gasteiger partial charge in [0, 0.05) is 17.8 Å². The van der Waals surface area contributed by atoms with Crippen LogP contribution in [0.2, 0.25) is 0 Å². The van der Waals surface area contributed by atoms with Crippen molar-refractivity contribution in [1.29, 1.82) is 0 Å².